The van der Waals surface area contributed by atoms with Crippen LogP contribution in [-0.4, -0.2) is 0 Å². The standard InChI is InChI=1S/C18H21F2N/c1-3-12(2)17(13-7-5-4-6-8-13)18(21)15-11-14(19)9-10-16(15)20/h4-12,17-18H,3,21H2,1-2H3. The van der Waals surface area contributed by atoms with Crippen molar-refractivity contribution in [2.75, 3.05) is 0 Å². The van der Waals surface area contributed by atoms with Gasteiger partial charge in [0.15, 0.2) is 0 Å². The summed E-state index contributed by atoms with van der Waals surface area (Å²) in [7, 11) is 0. The molecule has 0 spiro atoms. The lowest BCUT2D eigenvalue weighted by atomic mass is 9.78. The van der Waals surface area contributed by atoms with Crippen molar-refractivity contribution >= 4 is 0 Å². The van der Waals surface area contributed by atoms with Gasteiger partial charge in [-0.25, -0.2) is 8.78 Å². The zero-order chi connectivity index (χ0) is 15.4. The minimum atomic E-state index is -0.571. The second kappa shape index (κ2) is 6.81. The molecule has 2 rings (SSSR count). The van der Waals surface area contributed by atoms with Crippen molar-refractivity contribution in [3.63, 3.8) is 0 Å². The van der Waals surface area contributed by atoms with Gasteiger partial charge in [-0.05, 0) is 29.7 Å². The summed E-state index contributed by atoms with van der Waals surface area (Å²) in [5.74, 6) is -0.691. The van der Waals surface area contributed by atoms with Gasteiger partial charge in [0.25, 0.3) is 0 Å². The highest BCUT2D eigenvalue weighted by Gasteiger charge is 2.28. The second-order valence-corrected chi connectivity index (χ2v) is 5.51. The van der Waals surface area contributed by atoms with Crippen molar-refractivity contribution in [3.05, 3.63) is 71.3 Å². The van der Waals surface area contributed by atoms with E-state index in [4.69, 9.17) is 5.73 Å². The summed E-state index contributed by atoms with van der Waals surface area (Å²) in [5.41, 5.74) is 7.61. The molecular weight excluding hydrogens is 268 g/mol. The van der Waals surface area contributed by atoms with Crippen LogP contribution in [0, 0.1) is 17.6 Å². The van der Waals surface area contributed by atoms with Gasteiger partial charge in [-0.2, -0.15) is 0 Å². The van der Waals surface area contributed by atoms with Crippen LogP contribution in [0.1, 0.15) is 43.4 Å². The lowest BCUT2D eigenvalue weighted by Gasteiger charge is -2.30. The Hall–Kier alpha value is -1.74. The molecule has 0 aliphatic heterocycles. The van der Waals surface area contributed by atoms with Gasteiger partial charge >= 0.3 is 0 Å². The highest BCUT2D eigenvalue weighted by molar-refractivity contribution is 5.29. The summed E-state index contributed by atoms with van der Waals surface area (Å²) in [6.07, 6.45) is 0.921. The zero-order valence-electron chi connectivity index (χ0n) is 12.4. The molecule has 2 aromatic carbocycles. The van der Waals surface area contributed by atoms with Crippen LogP contribution in [0.5, 0.6) is 0 Å². The molecular formula is C18H21F2N. The van der Waals surface area contributed by atoms with Gasteiger partial charge in [-0.1, -0.05) is 50.6 Å². The summed E-state index contributed by atoms with van der Waals surface area (Å²) >= 11 is 0. The summed E-state index contributed by atoms with van der Waals surface area (Å²) < 4.78 is 27.5. The Morgan fingerprint density at radius 2 is 1.71 bits per heavy atom. The Kier molecular flexibility index (Phi) is 5.07. The Morgan fingerprint density at radius 3 is 2.33 bits per heavy atom. The number of hydrogen-bond donors (Lipinski definition) is 1. The van der Waals surface area contributed by atoms with E-state index >= 15 is 0 Å². The molecule has 0 aliphatic rings. The third-order valence-corrected chi connectivity index (χ3v) is 4.15. The maximum Gasteiger partial charge on any atom is 0.128 e. The fourth-order valence-corrected chi connectivity index (χ4v) is 2.78. The molecule has 3 atom stereocenters. The molecule has 0 fully saturated rings. The van der Waals surface area contributed by atoms with Gasteiger partial charge in [-0.3, -0.25) is 0 Å². The Bertz CT molecular complexity index is 583. The molecule has 0 bridgehead atoms. The van der Waals surface area contributed by atoms with Crippen molar-refractivity contribution < 1.29 is 8.78 Å². The van der Waals surface area contributed by atoms with Crippen LogP contribution in [0.4, 0.5) is 8.78 Å². The fraction of sp³-hybridized carbons (Fsp3) is 0.333. The van der Waals surface area contributed by atoms with E-state index in [-0.39, 0.29) is 17.4 Å². The first-order valence-electron chi connectivity index (χ1n) is 7.30. The topological polar surface area (TPSA) is 26.0 Å². The molecule has 0 aliphatic carbocycles. The Balaban J connectivity index is 2.43. The van der Waals surface area contributed by atoms with Crippen LogP contribution in [0.2, 0.25) is 0 Å². The fourth-order valence-electron chi connectivity index (χ4n) is 2.78. The average molecular weight is 289 g/mol. The molecule has 21 heavy (non-hydrogen) atoms. The number of rotatable bonds is 5. The molecule has 0 saturated carbocycles. The SMILES string of the molecule is CCC(C)C(c1ccccc1)C(N)c1cc(F)ccc1F. The number of hydrogen-bond acceptors (Lipinski definition) is 1. The maximum atomic E-state index is 14.0. The lowest BCUT2D eigenvalue weighted by Crippen LogP contribution is -2.26. The maximum absolute atomic E-state index is 14.0. The van der Waals surface area contributed by atoms with Crippen LogP contribution in [0.15, 0.2) is 48.5 Å². The zero-order valence-corrected chi connectivity index (χ0v) is 12.4. The molecule has 0 aromatic heterocycles. The van der Waals surface area contributed by atoms with Gasteiger partial charge in [0.05, 0.1) is 0 Å². The molecule has 0 radical (unpaired) electrons. The summed E-state index contributed by atoms with van der Waals surface area (Å²) in [6, 6.07) is 12.7. The van der Waals surface area contributed by atoms with E-state index in [1.165, 1.54) is 6.07 Å². The largest absolute Gasteiger partial charge is 0.323 e. The lowest BCUT2D eigenvalue weighted by molar-refractivity contribution is 0.379. The van der Waals surface area contributed by atoms with Crippen molar-refractivity contribution in [1.82, 2.24) is 0 Å². The van der Waals surface area contributed by atoms with Gasteiger partial charge in [-0.15, -0.1) is 0 Å². The third-order valence-electron chi connectivity index (χ3n) is 4.15. The van der Waals surface area contributed by atoms with E-state index in [1.54, 1.807) is 0 Å². The molecule has 2 aromatic rings. The second-order valence-electron chi connectivity index (χ2n) is 5.51. The van der Waals surface area contributed by atoms with Crippen LogP contribution >= 0.6 is 0 Å². The van der Waals surface area contributed by atoms with Crippen molar-refractivity contribution in [2.45, 2.75) is 32.2 Å². The van der Waals surface area contributed by atoms with Crippen LogP contribution in [0.3, 0.4) is 0 Å². The number of benzene rings is 2. The van der Waals surface area contributed by atoms with E-state index in [0.717, 1.165) is 24.1 Å². The Labute approximate surface area is 124 Å². The van der Waals surface area contributed by atoms with Gasteiger partial charge < -0.3 is 5.73 Å². The first kappa shape index (κ1) is 15.6. The van der Waals surface area contributed by atoms with Crippen molar-refractivity contribution in [2.24, 2.45) is 11.7 Å². The molecule has 1 nitrogen and oxygen atoms in total. The molecule has 3 heteroatoms. The molecule has 0 heterocycles. The van der Waals surface area contributed by atoms with E-state index in [2.05, 4.69) is 13.8 Å². The van der Waals surface area contributed by atoms with Crippen molar-refractivity contribution in [1.29, 1.82) is 0 Å². The first-order chi connectivity index (χ1) is 10.0. The molecule has 3 unspecified atom stereocenters. The average Bonchev–Trinajstić information content (AvgIpc) is 2.50. The van der Waals surface area contributed by atoms with E-state index < -0.39 is 17.7 Å². The van der Waals surface area contributed by atoms with Gasteiger partial charge in [0.1, 0.15) is 11.6 Å². The number of nitrogens with two attached hydrogens (primary N) is 1. The minimum Gasteiger partial charge on any atom is -0.323 e. The normalized spacial score (nSPS) is 15.5. The smallest absolute Gasteiger partial charge is 0.128 e. The molecule has 2 N–H and O–H groups in total. The van der Waals surface area contributed by atoms with E-state index in [9.17, 15) is 8.78 Å². The minimum absolute atomic E-state index is 0.0486. The van der Waals surface area contributed by atoms with Crippen LogP contribution in [-0.2, 0) is 0 Å². The summed E-state index contributed by atoms with van der Waals surface area (Å²) in [6.45, 7) is 4.17. The predicted octanol–water partition coefficient (Wildman–Crippen LogP) is 4.79. The van der Waals surface area contributed by atoms with Gasteiger partial charge in [0.2, 0.25) is 0 Å². The summed E-state index contributed by atoms with van der Waals surface area (Å²) in [5, 5.41) is 0. The quantitative estimate of drug-likeness (QED) is 0.841. The Morgan fingerprint density at radius 1 is 1.05 bits per heavy atom. The highest BCUT2D eigenvalue weighted by atomic mass is 19.1. The van der Waals surface area contributed by atoms with E-state index in [0.29, 0.717) is 0 Å². The van der Waals surface area contributed by atoms with Gasteiger partial charge in [0, 0.05) is 17.5 Å². The predicted molar refractivity (Wildman–Crippen MR) is 81.9 cm³/mol. The highest BCUT2D eigenvalue weighted by Crippen LogP contribution is 2.37. The van der Waals surface area contributed by atoms with Crippen LogP contribution < -0.4 is 5.73 Å². The monoisotopic (exact) mass is 289 g/mol. The molecule has 0 saturated heterocycles. The first-order valence-corrected chi connectivity index (χ1v) is 7.30. The number of halogens is 2. The molecule has 112 valence electrons. The summed E-state index contributed by atoms with van der Waals surface area (Å²) in [4.78, 5) is 0. The molecule has 0 amide bonds. The third kappa shape index (κ3) is 3.48. The van der Waals surface area contributed by atoms with Crippen molar-refractivity contribution in [3.8, 4) is 0 Å². The van der Waals surface area contributed by atoms with E-state index in [1.807, 2.05) is 30.3 Å². The van der Waals surface area contributed by atoms with Crippen LogP contribution in [0.25, 0.3) is 0 Å².